The molecular formula is C24H26N2O6. The lowest BCUT2D eigenvalue weighted by Gasteiger charge is -2.16. The first kappa shape index (κ1) is 21.8. The number of aliphatic hydroxyl groups is 1. The Kier molecular flexibility index (Phi) is 6.41. The molecule has 32 heavy (non-hydrogen) atoms. The van der Waals surface area contributed by atoms with E-state index in [2.05, 4.69) is 22.8 Å². The number of nitrogens with one attached hydrogen (secondary N) is 2. The number of carbonyl (C=O) groups is 3. The summed E-state index contributed by atoms with van der Waals surface area (Å²) in [6.45, 7) is 0.330. The number of aliphatic carboxylic acids is 1. The van der Waals surface area contributed by atoms with Crippen LogP contribution in [-0.2, 0) is 14.3 Å². The summed E-state index contributed by atoms with van der Waals surface area (Å²) in [4.78, 5) is 34.8. The maximum atomic E-state index is 12.1. The molecule has 8 nitrogen and oxygen atoms in total. The molecule has 2 aliphatic carbocycles. The highest BCUT2D eigenvalue weighted by molar-refractivity contribution is 5.79. The molecule has 0 radical (unpaired) electrons. The van der Waals surface area contributed by atoms with Crippen LogP contribution in [0.5, 0.6) is 0 Å². The standard InChI is InChI=1S/C24H26N2O6/c27-15(10-22(28)25-11-14-9-20(14)23(29)30)12-26-24(31)32-13-21-18-7-3-1-5-16(18)17-6-2-4-8-19(17)21/h1-8,14-15,20-21,27H,9-13H2,(H,25,28)(H,26,31)(H,29,30). The average molecular weight is 438 g/mol. The molecule has 4 rings (SSSR count). The zero-order chi connectivity index (χ0) is 22.7. The van der Waals surface area contributed by atoms with E-state index in [1.807, 2.05) is 36.4 Å². The molecular weight excluding hydrogens is 412 g/mol. The lowest BCUT2D eigenvalue weighted by atomic mass is 9.98. The van der Waals surface area contributed by atoms with Crippen LogP contribution in [0.1, 0.15) is 29.9 Å². The second-order valence-corrected chi connectivity index (χ2v) is 8.31. The Morgan fingerprint density at radius 3 is 2.22 bits per heavy atom. The molecule has 1 saturated carbocycles. The molecule has 0 heterocycles. The minimum Gasteiger partial charge on any atom is -0.481 e. The van der Waals surface area contributed by atoms with Gasteiger partial charge in [0.15, 0.2) is 0 Å². The van der Waals surface area contributed by atoms with E-state index in [0.29, 0.717) is 6.42 Å². The number of ether oxygens (including phenoxy) is 1. The number of amides is 2. The van der Waals surface area contributed by atoms with E-state index in [4.69, 9.17) is 9.84 Å². The predicted molar refractivity (Wildman–Crippen MR) is 116 cm³/mol. The van der Waals surface area contributed by atoms with Crippen molar-refractivity contribution in [1.82, 2.24) is 10.6 Å². The van der Waals surface area contributed by atoms with Crippen molar-refractivity contribution in [3.8, 4) is 11.1 Å². The van der Waals surface area contributed by atoms with Gasteiger partial charge in [0, 0.05) is 19.0 Å². The first-order chi connectivity index (χ1) is 15.4. The molecule has 0 spiro atoms. The summed E-state index contributed by atoms with van der Waals surface area (Å²) in [6, 6.07) is 16.1. The van der Waals surface area contributed by atoms with Gasteiger partial charge in [0.25, 0.3) is 0 Å². The summed E-state index contributed by atoms with van der Waals surface area (Å²) < 4.78 is 5.40. The summed E-state index contributed by atoms with van der Waals surface area (Å²) >= 11 is 0. The van der Waals surface area contributed by atoms with E-state index < -0.39 is 24.1 Å². The zero-order valence-corrected chi connectivity index (χ0v) is 17.5. The Bertz CT molecular complexity index is 978. The largest absolute Gasteiger partial charge is 0.481 e. The van der Waals surface area contributed by atoms with Crippen LogP contribution in [0.25, 0.3) is 11.1 Å². The van der Waals surface area contributed by atoms with Gasteiger partial charge in [0.05, 0.1) is 18.4 Å². The highest BCUT2D eigenvalue weighted by Gasteiger charge is 2.43. The van der Waals surface area contributed by atoms with E-state index in [1.54, 1.807) is 0 Å². The van der Waals surface area contributed by atoms with Crippen LogP contribution in [0.15, 0.2) is 48.5 Å². The molecule has 4 N–H and O–H groups in total. The molecule has 3 unspecified atom stereocenters. The van der Waals surface area contributed by atoms with Crippen molar-refractivity contribution >= 4 is 18.0 Å². The average Bonchev–Trinajstić information content (AvgIpc) is 3.51. The van der Waals surface area contributed by atoms with Crippen molar-refractivity contribution in [2.24, 2.45) is 11.8 Å². The molecule has 0 saturated heterocycles. The monoisotopic (exact) mass is 438 g/mol. The maximum absolute atomic E-state index is 12.1. The summed E-state index contributed by atoms with van der Waals surface area (Å²) in [7, 11) is 0. The minimum absolute atomic E-state index is 0.0486. The van der Waals surface area contributed by atoms with Gasteiger partial charge in [-0.3, -0.25) is 9.59 Å². The number of hydrogen-bond acceptors (Lipinski definition) is 5. The van der Waals surface area contributed by atoms with Crippen LogP contribution < -0.4 is 10.6 Å². The van der Waals surface area contributed by atoms with Crippen LogP contribution in [0.3, 0.4) is 0 Å². The van der Waals surface area contributed by atoms with E-state index in [-0.39, 0.29) is 43.9 Å². The van der Waals surface area contributed by atoms with E-state index >= 15 is 0 Å². The molecule has 8 heteroatoms. The number of aliphatic hydroxyl groups excluding tert-OH is 1. The Labute approximate surface area is 185 Å². The summed E-state index contributed by atoms with van der Waals surface area (Å²) in [6.07, 6.45) is -1.35. The summed E-state index contributed by atoms with van der Waals surface area (Å²) in [5, 5.41) is 24.0. The number of hydrogen-bond donors (Lipinski definition) is 4. The van der Waals surface area contributed by atoms with Gasteiger partial charge in [-0.2, -0.15) is 0 Å². The number of carboxylic acid groups (broad SMARTS) is 1. The second kappa shape index (κ2) is 9.40. The molecule has 2 amide bonds. The number of benzene rings is 2. The van der Waals surface area contributed by atoms with Crippen molar-refractivity contribution in [2.75, 3.05) is 19.7 Å². The van der Waals surface area contributed by atoms with Crippen LogP contribution in [-0.4, -0.2) is 54.0 Å². The van der Waals surface area contributed by atoms with E-state index in [9.17, 15) is 19.5 Å². The van der Waals surface area contributed by atoms with Gasteiger partial charge in [-0.25, -0.2) is 4.79 Å². The third kappa shape index (κ3) is 4.91. The van der Waals surface area contributed by atoms with Crippen LogP contribution in [0, 0.1) is 11.8 Å². The molecule has 3 atom stereocenters. The Hall–Kier alpha value is -3.39. The van der Waals surface area contributed by atoms with Gasteiger partial charge < -0.3 is 25.6 Å². The molecule has 1 fully saturated rings. The highest BCUT2D eigenvalue weighted by atomic mass is 16.5. The van der Waals surface area contributed by atoms with Gasteiger partial charge in [0.2, 0.25) is 5.91 Å². The number of alkyl carbamates (subject to hydrolysis) is 1. The van der Waals surface area contributed by atoms with Crippen LogP contribution in [0.4, 0.5) is 4.79 Å². The molecule has 0 aliphatic heterocycles. The normalized spacial score (nSPS) is 19.4. The number of fused-ring (bicyclic) bond motifs is 3. The molecule has 168 valence electrons. The van der Waals surface area contributed by atoms with Gasteiger partial charge in [-0.15, -0.1) is 0 Å². The molecule has 2 aliphatic rings. The van der Waals surface area contributed by atoms with Gasteiger partial charge >= 0.3 is 12.1 Å². The third-order valence-corrected chi connectivity index (χ3v) is 6.05. The van der Waals surface area contributed by atoms with Crippen molar-refractivity contribution in [3.63, 3.8) is 0 Å². The van der Waals surface area contributed by atoms with Crippen LogP contribution in [0.2, 0.25) is 0 Å². The number of carbonyl (C=O) groups excluding carboxylic acids is 2. The maximum Gasteiger partial charge on any atom is 0.407 e. The van der Waals surface area contributed by atoms with Crippen molar-refractivity contribution in [1.29, 1.82) is 0 Å². The third-order valence-electron chi connectivity index (χ3n) is 6.05. The predicted octanol–water partition coefficient (Wildman–Crippen LogP) is 2.11. The SMILES string of the molecule is O=C(CC(O)CNC(=O)OCC1c2ccccc2-c2ccccc21)NCC1CC1C(=O)O. The van der Waals surface area contributed by atoms with Gasteiger partial charge in [0.1, 0.15) is 6.61 Å². The smallest absolute Gasteiger partial charge is 0.407 e. The zero-order valence-electron chi connectivity index (χ0n) is 17.5. The fourth-order valence-corrected chi connectivity index (χ4v) is 4.23. The fraction of sp³-hybridized carbons (Fsp3) is 0.375. The number of rotatable bonds is 9. The lowest BCUT2D eigenvalue weighted by molar-refractivity contribution is -0.139. The first-order valence-corrected chi connectivity index (χ1v) is 10.7. The quantitative estimate of drug-likeness (QED) is 0.475. The van der Waals surface area contributed by atoms with Crippen LogP contribution >= 0.6 is 0 Å². The van der Waals surface area contributed by atoms with Crippen molar-refractivity contribution in [2.45, 2.75) is 24.9 Å². The topological polar surface area (TPSA) is 125 Å². The Morgan fingerprint density at radius 1 is 1.00 bits per heavy atom. The molecule has 2 aromatic carbocycles. The Morgan fingerprint density at radius 2 is 1.62 bits per heavy atom. The minimum atomic E-state index is -1.06. The first-order valence-electron chi connectivity index (χ1n) is 10.7. The second-order valence-electron chi connectivity index (χ2n) is 8.31. The van der Waals surface area contributed by atoms with E-state index in [1.165, 1.54) is 0 Å². The number of carboxylic acids is 1. The lowest BCUT2D eigenvalue weighted by Crippen LogP contribution is -2.37. The molecule has 2 aromatic rings. The van der Waals surface area contributed by atoms with Crippen molar-refractivity contribution < 1.29 is 29.3 Å². The molecule has 0 bridgehead atoms. The van der Waals surface area contributed by atoms with E-state index in [0.717, 1.165) is 22.3 Å². The van der Waals surface area contributed by atoms with Gasteiger partial charge in [-0.1, -0.05) is 48.5 Å². The van der Waals surface area contributed by atoms with Gasteiger partial charge in [-0.05, 0) is 34.6 Å². The summed E-state index contributed by atoms with van der Waals surface area (Å²) in [5.41, 5.74) is 4.50. The Balaban J connectivity index is 1.19. The fourth-order valence-electron chi connectivity index (χ4n) is 4.23. The highest BCUT2D eigenvalue weighted by Crippen LogP contribution is 2.44. The van der Waals surface area contributed by atoms with Crippen molar-refractivity contribution in [3.05, 3.63) is 59.7 Å². The summed E-state index contributed by atoms with van der Waals surface area (Å²) in [5.74, 6) is -1.73. The molecule has 0 aromatic heterocycles.